The maximum Gasteiger partial charge on any atom is 0.325 e. The quantitative estimate of drug-likeness (QED) is 0.780. The number of carbonyl (C=O) groups excluding carboxylic acids is 3. The van der Waals surface area contributed by atoms with Crippen LogP contribution >= 0.6 is 0 Å². The Morgan fingerprint density at radius 1 is 1.06 bits per heavy atom. The second kappa shape index (κ2) is 6.94. The molecule has 31 heavy (non-hydrogen) atoms. The highest BCUT2D eigenvalue weighted by Gasteiger charge is 2.50. The van der Waals surface area contributed by atoms with Crippen LogP contribution in [0.15, 0.2) is 48.5 Å². The van der Waals surface area contributed by atoms with Crippen molar-refractivity contribution in [3.05, 3.63) is 70.8 Å². The third kappa shape index (κ3) is 3.04. The smallest absolute Gasteiger partial charge is 0.325 e. The van der Waals surface area contributed by atoms with Gasteiger partial charge in [0.2, 0.25) is 5.91 Å². The maximum absolute atomic E-state index is 13.2. The third-order valence-corrected chi connectivity index (χ3v) is 7.30. The second-order valence-corrected chi connectivity index (χ2v) is 9.35. The predicted molar refractivity (Wildman–Crippen MR) is 116 cm³/mol. The van der Waals surface area contributed by atoms with Crippen molar-refractivity contribution in [1.82, 2.24) is 15.1 Å². The molecular weight excluding hydrogens is 390 g/mol. The van der Waals surface area contributed by atoms with Crippen molar-refractivity contribution in [2.75, 3.05) is 13.1 Å². The van der Waals surface area contributed by atoms with E-state index in [0.29, 0.717) is 18.7 Å². The van der Waals surface area contributed by atoms with Crippen molar-refractivity contribution in [2.24, 2.45) is 0 Å². The first kappa shape index (κ1) is 19.8. The van der Waals surface area contributed by atoms with Crippen LogP contribution in [0.3, 0.4) is 0 Å². The maximum atomic E-state index is 13.2. The van der Waals surface area contributed by atoms with E-state index in [9.17, 15) is 14.4 Å². The Kier molecular flexibility index (Phi) is 4.43. The van der Waals surface area contributed by atoms with Crippen LogP contribution in [0.2, 0.25) is 0 Å². The Bertz CT molecular complexity index is 1070. The molecule has 5 rings (SSSR count). The molecule has 2 aliphatic heterocycles. The van der Waals surface area contributed by atoms with Crippen LogP contribution in [-0.4, -0.2) is 40.7 Å². The summed E-state index contributed by atoms with van der Waals surface area (Å²) in [7, 11) is 0. The molecule has 1 unspecified atom stereocenters. The van der Waals surface area contributed by atoms with Crippen LogP contribution in [0, 0.1) is 6.92 Å². The summed E-state index contributed by atoms with van der Waals surface area (Å²) in [4.78, 5) is 42.0. The number of fused-ring (bicyclic) bond motifs is 2. The molecule has 2 aromatic carbocycles. The van der Waals surface area contributed by atoms with Gasteiger partial charge in [-0.1, -0.05) is 60.5 Å². The zero-order valence-corrected chi connectivity index (χ0v) is 18.0. The third-order valence-electron chi connectivity index (χ3n) is 7.30. The van der Waals surface area contributed by atoms with E-state index >= 15 is 0 Å². The van der Waals surface area contributed by atoms with Crippen LogP contribution < -0.4 is 5.32 Å². The molecule has 1 spiro atoms. The predicted octanol–water partition coefficient (Wildman–Crippen LogP) is 3.23. The summed E-state index contributed by atoms with van der Waals surface area (Å²) in [6, 6.07) is 15.3. The average Bonchev–Trinajstić information content (AvgIpc) is 2.96. The summed E-state index contributed by atoms with van der Waals surface area (Å²) in [6.45, 7) is 4.61. The largest absolute Gasteiger partial charge is 0.336 e. The first-order valence-corrected chi connectivity index (χ1v) is 10.9. The Hall–Kier alpha value is -3.15. The molecular formula is C25H27N3O3. The van der Waals surface area contributed by atoms with Crippen molar-refractivity contribution < 1.29 is 14.4 Å². The molecule has 1 saturated carbocycles. The standard InChI is InChI=1S/C25H27N3O3/c1-17-8-10-19(11-9-17)24(2)22(30)28(23(31)26-24)15-21(29)27-14-18-6-3-4-7-20(18)25(16-27)12-5-13-25/h3-4,6-11H,5,12-16H2,1-2H3,(H,26,31). The number of nitrogens with zero attached hydrogens (tertiary/aromatic N) is 2. The number of hydrogen-bond donors (Lipinski definition) is 1. The molecule has 2 heterocycles. The van der Waals surface area contributed by atoms with Crippen molar-refractivity contribution in [1.29, 1.82) is 0 Å². The summed E-state index contributed by atoms with van der Waals surface area (Å²) in [6.07, 6.45) is 3.31. The number of urea groups is 1. The molecule has 4 amide bonds. The number of aryl methyl sites for hydroxylation is 1. The lowest BCUT2D eigenvalue weighted by Gasteiger charge is -2.50. The molecule has 0 radical (unpaired) electrons. The Morgan fingerprint density at radius 3 is 2.45 bits per heavy atom. The van der Waals surface area contributed by atoms with Crippen LogP contribution in [0.25, 0.3) is 0 Å². The van der Waals surface area contributed by atoms with Gasteiger partial charge in [-0.05, 0) is 43.4 Å². The minimum Gasteiger partial charge on any atom is -0.336 e. The highest BCUT2D eigenvalue weighted by Crippen LogP contribution is 2.48. The molecule has 3 aliphatic rings. The lowest BCUT2D eigenvalue weighted by Crippen LogP contribution is -2.53. The normalized spacial score (nSPS) is 24.1. The number of nitrogens with one attached hydrogen (secondary N) is 1. The molecule has 1 atom stereocenters. The number of carbonyl (C=O) groups is 3. The lowest BCUT2D eigenvalue weighted by molar-refractivity contribution is -0.140. The zero-order chi connectivity index (χ0) is 21.8. The summed E-state index contributed by atoms with van der Waals surface area (Å²) < 4.78 is 0. The van der Waals surface area contributed by atoms with Crippen molar-refractivity contribution in [3.8, 4) is 0 Å². The van der Waals surface area contributed by atoms with Gasteiger partial charge in [-0.25, -0.2) is 4.79 Å². The highest BCUT2D eigenvalue weighted by molar-refractivity contribution is 6.09. The van der Waals surface area contributed by atoms with Gasteiger partial charge >= 0.3 is 6.03 Å². The summed E-state index contributed by atoms with van der Waals surface area (Å²) in [5.74, 6) is -0.567. The SMILES string of the molecule is Cc1ccc(C2(C)NC(=O)N(CC(=O)N3Cc4ccccc4C4(CCC4)C3)C2=O)cc1. The number of hydrogen-bond acceptors (Lipinski definition) is 3. The molecule has 6 heteroatoms. The first-order chi connectivity index (χ1) is 14.8. The molecule has 1 aliphatic carbocycles. The summed E-state index contributed by atoms with van der Waals surface area (Å²) >= 11 is 0. The lowest BCUT2D eigenvalue weighted by atomic mass is 9.61. The van der Waals surface area contributed by atoms with E-state index in [1.54, 1.807) is 6.92 Å². The van der Waals surface area contributed by atoms with E-state index in [1.165, 1.54) is 11.1 Å². The van der Waals surface area contributed by atoms with Gasteiger partial charge in [-0.15, -0.1) is 0 Å². The van der Waals surface area contributed by atoms with Crippen molar-refractivity contribution >= 4 is 17.8 Å². The molecule has 2 fully saturated rings. The van der Waals surface area contributed by atoms with Gasteiger partial charge in [0.15, 0.2) is 0 Å². The summed E-state index contributed by atoms with van der Waals surface area (Å²) in [5, 5.41) is 2.80. The van der Waals surface area contributed by atoms with Gasteiger partial charge in [0.25, 0.3) is 5.91 Å². The van der Waals surface area contributed by atoms with Crippen LogP contribution in [0.1, 0.15) is 48.4 Å². The van der Waals surface area contributed by atoms with Gasteiger partial charge in [-0.2, -0.15) is 0 Å². The van der Waals surface area contributed by atoms with E-state index in [0.717, 1.165) is 29.7 Å². The average molecular weight is 418 g/mol. The number of amides is 4. The number of benzene rings is 2. The molecule has 1 saturated heterocycles. The van der Waals surface area contributed by atoms with Crippen molar-refractivity contribution in [2.45, 2.75) is 50.6 Å². The van der Waals surface area contributed by atoms with E-state index in [-0.39, 0.29) is 23.8 Å². The van der Waals surface area contributed by atoms with Crippen LogP contribution in [0.4, 0.5) is 4.79 Å². The van der Waals surface area contributed by atoms with E-state index in [4.69, 9.17) is 0 Å². The molecule has 2 aromatic rings. The van der Waals surface area contributed by atoms with Crippen LogP contribution in [0.5, 0.6) is 0 Å². The topological polar surface area (TPSA) is 69.7 Å². The van der Waals surface area contributed by atoms with Crippen LogP contribution in [-0.2, 0) is 27.1 Å². The number of imide groups is 1. The van der Waals surface area contributed by atoms with Gasteiger partial charge in [0.05, 0.1) is 0 Å². The molecule has 6 nitrogen and oxygen atoms in total. The second-order valence-electron chi connectivity index (χ2n) is 9.35. The Balaban J connectivity index is 1.36. The van der Waals surface area contributed by atoms with Gasteiger partial charge in [0.1, 0.15) is 12.1 Å². The van der Waals surface area contributed by atoms with Gasteiger partial charge in [-0.3, -0.25) is 14.5 Å². The van der Waals surface area contributed by atoms with Gasteiger partial charge in [0, 0.05) is 18.5 Å². The van der Waals surface area contributed by atoms with Gasteiger partial charge < -0.3 is 10.2 Å². The zero-order valence-electron chi connectivity index (χ0n) is 18.0. The fourth-order valence-electron chi connectivity index (χ4n) is 5.25. The molecule has 160 valence electrons. The van der Waals surface area contributed by atoms with E-state index in [2.05, 4.69) is 23.5 Å². The molecule has 0 bridgehead atoms. The fourth-order valence-corrected chi connectivity index (χ4v) is 5.25. The minimum atomic E-state index is -1.16. The highest BCUT2D eigenvalue weighted by atomic mass is 16.2. The summed E-state index contributed by atoms with van der Waals surface area (Å²) in [5.41, 5.74) is 3.18. The monoisotopic (exact) mass is 417 g/mol. The fraction of sp³-hybridized carbons (Fsp3) is 0.400. The first-order valence-electron chi connectivity index (χ1n) is 10.9. The number of rotatable bonds is 3. The molecule has 0 aromatic heterocycles. The Morgan fingerprint density at radius 2 is 1.77 bits per heavy atom. The van der Waals surface area contributed by atoms with E-state index < -0.39 is 11.6 Å². The Labute approximate surface area is 182 Å². The minimum absolute atomic E-state index is 0.0260. The van der Waals surface area contributed by atoms with Crippen molar-refractivity contribution in [3.63, 3.8) is 0 Å². The molecule has 1 N–H and O–H groups in total. The van der Waals surface area contributed by atoms with E-state index in [1.807, 2.05) is 42.2 Å².